The number of carbonyl (C=O) groups is 1. The van der Waals surface area contributed by atoms with Gasteiger partial charge in [-0.05, 0) is 31.2 Å². The summed E-state index contributed by atoms with van der Waals surface area (Å²) in [4.78, 5) is 11.0. The molecule has 0 radical (unpaired) electrons. The maximum atomic E-state index is 14.0. The van der Waals surface area contributed by atoms with Crippen LogP contribution in [0.25, 0.3) is 0 Å². The van der Waals surface area contributed by atoms with Crippen LogP contribution in [0, 0.1) is 23.5 Å². The van der Waals surface area contributed by atoms with E-state index >= 15 is 0 Å². The average Bonchev–Trinajstić information content (AvgIpc) is 3.11. The van der Waals surface area contributed by atoms with Gasteiger partial charge in [0, 0.05) is 24.2 Å². The van der Waals surface area contributed by atoms with Crippen LogP contribution in [0.15, 0.2) is 12.1 Å². The van der Waals surface area contributed by atoms with Crippen LogP contribution in [0.3, 0.4) is 0 Å². The van der Waals surface area contributed by atoms with Gasteiger partial charge >= 0.3 is 5.97 Å². The summed E-state index contributed by atoms with van der Waals surface area (Å²) in [5.41, 5.74) is 0.372. The van der Waals surface area contributed by atoms with Gasteiger partial charge in [-0.15, -0.1) is 0 Å². The van der Waals surface area contributed by atoms with Gasteiger partial charge < -0.3 is 15.2 Å². The van der Waals surface area contributed by atoms with Crippen molar-refractivity contribution >= 4 is 5.97 Å². The number of hydrogen-bond acceptors (Lipinski definition) is 3. The highest BCUT2D eigenvalue weighted by Gasteiger charge is 2.33. The molecule has 2 N–H and O–H groups in total. The van der Waals surface area contributed by atoms with E-state index in [2.05, 4.69) is 5.32 Å². The molecule has 114 valence electrons. The zero-order chi connectivity index (χ0) is 15.0. The van der Waals surface area contributed by atoms with Gasteiger partial charge in [0.1, 0.15) is 5.82 Å². The van der Waals surface area contributed by atoms with Gasteiger partial charge in [-0.2, -0.15) is 0 Å². The fraction of sp³-hybridized carbons (Fsp3) is 0.533. The Morgan fingerprint density at radius 1 is 1.38 bits per heavy atom. The molecule has 1 aromatic carbocycles. The molecule has 2 atom stereocenters. The van der Waals surface area contributed by atoms with Crippen LogP contribution >= 0.6 is 0 Å². The fourth-order valence-corrected chi connectivity index (χ4v) is 2.64. The van der Waals surface area contributed by atoms with Crippen molar-refractivity contribution in [3.63, 3.8) is 0 Å². The Bertz CT molecular complexity index is 560. The third-order valence-electron chi connectivity index (χ3n) is 4.05. The Hall–Kier alpha value is -1.69. The normalized spacial score (nSPS) is 25.0. The molecule has 1 aliphatic carbocycles. The first-order valence-corrected chi connectivity index (χ1v) is 7.12. The van der Waals surface area contributed by atoms with E-state index in [-0.39, 0.29) is 5.75 Å². The molecule has 0 spiro atoms. The highest BCUT2D eigenvalue weighted by Crippen LogP contribution is 2.37. The monoisotopic (exact) mass is 297 g/mol. The van der Waals surface area contributed by atoms with E-state index in [0.717, 1.165) is 18.9 Å². The summed E-state index contributed by atoms with van der Waals surface area (Å²) >= 11 is 0. The Morgan fingerprint density at radius 2 is 2.14 bits per heavy atom. The number of ether oxygens (including phenoxy) is 1. The molecule has 3 rings (SSSR count). The van der Waals surface area contributed by atoms with Crippen molar-refractivity contribution in [2.24, 2.45) is 11.8 Å². The van der Waals surface area contributed by atoms with Crippen molar-refractivity contribution in [3.8, 4) is 5.75 Å². The largest absolute Gasteiger partial charge is 0.490 e. The first-order chi connectivity index (χ1) is 10.0. The van der Waals surface area contributed by atoms with Crippen LogP contribution in [-0.4, -0.2) is 24.2 Å². The lowest BCUT2D eigenvalue weighted by atomic mass is 9.99. The standard InChI is InChI=1S/C15H17F2NO3/c16-10-4-11(13-3-9(6-18-13)15(19)20)14(12(17)5-10)21-7-8-1-2-8/h4-5,8-9,13,18H,1-3,6-7H2,(H,19,20). The Kier molecular flexibility index (Phi) is 3.80. The summed E-state index contributed by atoms with van der Waals surface area (Å²) in [6.45, 7) is 0.713. The van der Waals surface area contributed by atoms with E-state index in [1.807, 2.05) is 0 Å². The topological polar surface area (TPSA) is 58.6 Å². The molecule has 4 nitrogen and oxygen atoms in total. The van der Waals surface area contributed by atoms with Crippen LogP contribution < -0.4 is 10.1 Å². The second kappa shape index (κ2) is 5.60. The second-order valence-electron chi connectivity index (χ2n) is 5.79. The molecule has 0 bridgehead atoms. The van der Waals surface area contributed by atoms with E-state index in [4.69, 9.17) is 9.84 Å². The SMILES string of the molecule is O=C(O)C1CNC(c2cc(F)cc(F)c2OCC2CC2)C1. The van der Waals surface area contributed by atoms with E-state index in [9.17, 15) is 13.6 Å². The third kappa shape index (κ3) is 3.15. The minimum Gasteiger partial charge on any atom is -0.490 e. The molecule has 6 heteroatoms. The summed E-state index contributed by atoms with van der Waals surface area (Å²) < 4.78 is 33.0. The molecular weight excluding hydrogens is 280 g/mol. The van der Waals surface area contributed by atoms with Crippen molar-refractivity contribution in [2.45, 2.75) is 25.3 Å². The van der Waals surface area contributed by atoms with Crippen LogP contribution in [0.5, 0.6) is 5.75 Å². The quantitative estimate of drug-likeness (QED) is 0.876. The summed E-state index contributed by atoms with van der Waals surface area (Å²) in [5.74, 6) is -2.36. The maximum Gasteiger partial charge on any atom is 0.307 e. The third-order valence-corrected chi connectivity index (χ3v) is 4.05. The molecule has 1 aliphatic heterocycles. The van der Waals surface area contributed by atoms with Gasteiger partial charge in [0.2, 0.25) is 0 Å². The molecule has 1 saturated heterocycles. The number of hydrogen-bond donors (Lipinski definition) is 2. The van der Waals surface area contributed by atoms with Gasteiger partial charge in [0.05, 0.1) is 12.5 Å². The molecule has 1 saturated carbocycles. The van der Waals surface area contributed by atoms with E-state index in [1.165, 1.54) is 6.07 Å². The van der Waals surface area contributed by atoms with Crippen molar-refractivity contribution in [1.82, 2.24) is 5.32 Å². The molecular formula is C15H17F2NO3. The van der Waals surface area contributed by atoms with Gasteiger partial charge in [0.25, 0.3) is 0 Å². The lowest BCUT2D eigenvalue weighted by Crippen LogP contribution is -2.18. The smallest absolute Gasteiger partial charge is 0.307 e. The molecule has 2 unspecified atom stereocenters. The molecule has 0 amide bonds. The summed E-state index contributed by atoms with van der Waals surface area (Å²) in [6, 6.07) is 1.63. The van der Waals surface area contributed by atoms with Crippen molar-refractivity contribution in [3.05, 3.63) is 29.3 Å². The average molecular weight is 297 g/mol. The highest BCUT2D eigenvalue weighted by atomic mass is 19.1. The summed E-state index contributed by atoms with van der Waals surface area (Å²) in [7, 11) is 0. The van der Waals surface area contributed by atoms with Crippen LogP contribution in [0.4, 0.5) is 8.78 Å². The van der Waals surface area contributed by atoms with Gasteiger partial charge in [0.15, 0.2) is 11.6 Å². The number of nitrogens with one attached hydrogen (secondary N) is 1. The zero-order valence-corrected chi connectivity index (χ0v) is 11.4. The first kappa shape index (κ1) is 14.3. The Morgan fingerprint density at radius 3 is 2.76 bits per heavy atom. The number of aliphatic carboxylic acids is 1. The minimum absolute atomic E-state index is 0.0480. The lowest BCUT2D eigenvalue weighted by Gasteiger charge is -2.17. The molecule has 0 aromatic heterocycles. The molecule has 1 heterocycles. The van der Waals surface area contributed by atoms with E-state index in [1.54, 1.807) is 0 Å². The molecule has 1 aromatic rings. The van der Waals surface area contributed by atoms with Crippen LogP contribution in [-0.2, 0) is 4.79 Å². The highest BCUT2D eigenvalue weighted by molar-refractivity contribution is 5.71. The predicted octanol–water partition coefficient (Wildman–Crippen LogP) is 2.49. The Labute approximate surface area is 121 Å². The van der Waals surface area contributed by atoms with E-state index in [0.29, 0.717) is 31.1 Å². The predicted molar refractivity (Wildman–Crippen MR) is 71.1 cm³/mol. The summed E-state index contributed by atoms with van der Waals surface area (Å²) in [5, 5.41) is 12.0. The first-order valence-electron chi connectivity index (χ1n) is 7.12. The van der Waals surface area contributed by atoms with Crippen LogP contribution in [0.1, 0.15) is 30.9 Å². The lowest BCUT2D eigenvalue weighted by molar-refractivity contribution is -0.141. The van der Waals surface area contributed by atoms with Gasteiger partial charge in [-0.25, -0.2) is 8.78 Å². The summed E-state index contributed by atoms with van der Waals surface area (Å²) in [6.07, 6.45) is 2.44. The number of halogens is 2. The van der Waals surface area contributed by atoms with Gasteiger partial charge in [-0.3, -0.25) is 4.79 Å². The fourth-order valence-electron chi connectivity index (χ4n) is 2.64. The number of carboxylic acid groups (broad SMARTS) is 1. The van der Waals surface area contributed by atoms with Crippen molar-refractivity contribution in [1.29, 1.82) is 0 Å². The molecule has 21 heavy (non-hydrogen) atoms. The Balaban J connectivity index is 1.83. The number of benzene rings is 1. The molecule has 2 aliphatic rings. The molecule has 2 fully saturated rings. The second-order valence-corrected chi connectivity index (χ2v) is 5.79. The number of carboxylic acids is 1. The van der Waals surface area contributed by atoms with Crippen molar-refractivity contribution < 1.29 is 23.4 Å². The zero-order valence-electron chi connectivity index (χ0n) is 11.4. The van der Waals surface area contributed by atoms with Crippen LogP contribution in [0.2, 0.25) is 0 Å². The van der Waals surface area contributed by atoms with Gasteiger partial charge in [-0.1, -0.05) is 0 Å². The minimum atomic E-state index is -0.901. The number of rotatable bonds is 5. The van der Waals surface area contributed by atoms with E-state index < -0.39 is 29.6 Å². The maximum absolute atomic E-state index is 14.0. The van der Waals surface area contributed by atoms with Crippen molar-refractivity contribution in [2.75, 3.05) is 13.2 Å².